The molecule has 0 atom stereocenters. The SMILES string of the molecule is CC(C)N(NC(=O)c1ccccc1)C(=O)CCc1cn(Cc2ccccc2)c2ccccc12. The van der Waals surface area contributed by atoms with Gasteiger partial charge in [-0.3, -0.25) is 20.0 Å². The van der Waals surface area contributed by atoms with Gasteiger partial charge in [0.25, 0.3) is 5.91 Å². The molecule has 0 fully saturated rings. The number of para-hydroxylation sites is 1. The second kappa shape index (κ2) is 10.2. The maximum Gasteiger partial charge on any atom is 0.269 e. The fraction of sp³-hybridized carbons (Fsp3) is 0.214. The van der Waals surface area contributed by atoms with E-state index in [1.165, 1.54) is 10.6 Å². The lowest BCUT2D eigenvalue weighted by Crippen LogP contribution is -2.50. The van der Waals surface area contributed by atoms with Crippen LogP contribution in [0, 0.1) is 0 Å². The van der Waals surface area contributed by atoms with Gasteiger partial charge < -0.3 is 4.57 Å². The highest BCUT2D eigenvalue weighted by atomic mass is 16.2. The molecule has 0 unspecified atom stereocenters. The van der Waals surface area contributed by atoms with E-state index in [1.807, 2.05) is 62.4 Å². The summed E-state index contributed by atoms with van der Waals surface area (Å²) in [4.78, 5) is 25.6. The van der Waals surface area contributed by atoms with E-state index in [1.54, 1.807) is 12.1 Å². The largest absolute Gasteiger partial charge is 0.343 e. The van der Waals surface area contributed by atoms with Crippen LogP contribution in [0.3, 0.4) is 0 Å². The van der Waals surface area contributed by atoms with Gasteiger partial charge in [-0.25, -0.2) is 0 Å². The fourth-order valence-electron chi connectivity index (χ4n) is 4.04. The van der Waals surface area contributed by atoms with E-state index < -0.39 is 0 Å². The van der Waals surface area contributed by atoms with Crippen LogP contribution in [0.5, 0.6) is 0 Å². The topological polar surface area (TPSA) is 54.3 Å². The first kappa shape index (κ1) is 22.3. The van der Waals surface area contributed by atoms with Crippen molar-refractivity contribution in [3.63, 3.8) is 0 Å². The lowest BCUT2D eigenvalue weighted by atomic mass is 10.1. The van der Waals surface area contributed by atoms with Crippen molar-refractivity contribution < 1.29 is 9.59 Å². The highest BCUT2D eigenvalue weighted by Gasteiger charge is 2.21. The number of rotatable bonds is 7. The third-order valence-electron chi connectivity index (χ3n) is 5.72. The Morgan fingerprint density at radius 1 is 0.879 bits per heavy atom. The van der Waals surface area contributed by atoms with Crippen LogP contribution >= 0.6 is 0 Å². The Balaban J connectivity index is 1.48. The smallest absolute Gasteiger partial charge is 0.269 e. The quantitative estimate of drug-likeness (QED) is 0.402. The number of aromatic nitrogens is 1. The molecule has 1 aromatic heterocycles. The zero-order chi connectivity index (χ0) is 23.2. The van der Waals surface area contributed by atoms with E-state index in [4.69, 9.17) is 0 Å². The van der Waals surface area contributed by atoms with Crippen LogP contribution in [-0.4, -0.2) is 27.4 Å². The monoisotopic (exact) mass is 439 g/mol. The van der Waals surface area contributed by atoms with Crippen molar-refractivity contribution >= 4 is 22.7 Å². The molecule has 0 saturated heterocycles. The minimum Gasteiger partial charge on any atom is -0.343 e. The summed E-state index contributed by atoms with van der Waals surface area (Å²) in [6, 6.07) is 27.4. The third-order valence-corrected chi connectivity index (χ3v) is 5.72. The van der Waals surface area contributed by atoms with Gasteiger partial charge >= 0.3 is 0 Å². The molecule has 0 radical (unpaired) electrons. The van der Waals surface area contributed by atoms with E-state index in [0.29, 0.717) is 18.4 Å². The summed E-state index contributed by atoms with van der Waals surface area (Å²) in [5.41, 5.74) is 6.83. The number of hydrazine groups is 1. The Bertz CT molecular complexity index is 1230. The number of carbonyl (C=O) groups is 2. The first-order chi connectivity index (χ1) is 16.0. The minimum atomic E-state index is -0.280. The molecule has 0 bridgehead atoms. The van der Waals surface area contributed by atoms with Crippen molar-refractivity contribution in [1.82, 2.24) is 15.0 Å². The second-order valence-electron chi connectivity index (χ2n) is 8.45. The number of fused-ring (bicyclic) bond motifs is 1. The van der Waals surface area contributed by atoms with Gasteiger partial charge in [0.1, 0.15) is 0 Å². The number of hydrogen-bond acceptors (Lipinski definition) is 2. The summed E-state index contributed by atoms with van der Waals surface area (Å²) < 4.78 is 2.24. The Morgan fingerprint density at radius 3 is 2.21 bits per heavy atom. The molecule has 0 aliphatic heterocycles. The molecule has 0 aliphatic rings. The number of nitrogens with zero attached hydrogens (tertiary/aromatic N) is 2. The van der Waals surface area contributed by atoms with Gasteiger partial charge in [0.05, 0.1) is 0 Å². The van der Waals surface area contributed by atoms with Gasteiger partial charge in [-0.05, 0) is 49.6 Å². The summed E-state index contributed by atoms with van der Waals surface area (Å²) in [5.74, 6) is -0.383. The van der Waals surface area contributed by atoms with Crippen molar-refractivity contribution in [2.24, 2.45) is 0 Å². The molecule has 5 nitrogen and oxygen atoms in total. The molecular weight excluding hydrogens is 410 g/mol. The van der Waals surface area contributed by atoms with E-state index in [2.05, 4.69) is 40.5 Å². The standard InChI is InChI=1S/C28H29N3O2/c1-21(2)31(29-28(33)23-13-7-4-8-14-23)27(32)18-17-24-20-30(19-22-11-5-3-6-12-22)26-16-10-9-15-25(24)26/h3-16,20-21H,17-19H2,1-2H3,(H,29,33). The van der Waals surface area contributed by atoms with Crippen molar-refractivity contribution in [3.05, 3.63) is 108 Å². The molecule has 0 spiro atoms. The average molecular weight is 440 g/mol. The summed E-state index contributed by atoms with van der Waals surface area (Å²) in [7, 11) is 0. The van der Waals surface area contributed by atoms with Crippen LogP contribution in [0.4, 0.5) is 0 Å². The number of amides is 2. The Hall–Kier alpha value is -3.86. The molecule has 4 rings (SSSR count). The molecule has 0 aliphatic carbocycles. The maximum atomic E-state index is 13.1. The normalized spacial score (nSPS) is 11.0. The summed E-state index contributed by atoms with van der Waals surface area (Å²) >= 11 is 0. The van der Waals surface area contributed by atoms with E-state index in [-0.39, 0.29) is 17.9 Å². The molecular formula is C28H29N3O2. The molecule has 1 heterocycles. The van der Waals surface area contributed by atoms with Crippen LogP contribution < -0.4 is 5.43 Å². The van der Waals surface area contributed by atoms with Crippen LogP contribution in [0.15, 0.2) is 91.1 Å². The van der Waals surface area contributed by atoms with Crippen LogP contribution in [0.25, 0.3) is 10.9 Å². The Morgan fingerprint density at radius 2 is 1.52 bits per heavy atom. The molecule has 0 saturated carbocycles. The molecule has 4 aromatic rings. The summed E-state index contributed by atoms with van der Waals surface area (Å²) in [6.45, 7) is 4.57. The van der Waals surface area contributed by atoms with Crippen molar-refractivity contribution in [2.45, 2.75) is 39.3 Å². The first-order valence-corrected chi connectivity index (χ1v) is 11.3. The molecule has 3 aromatic carbocycles. The Labute approximate surface area is 194 Å². The lowest BCUT2D eigenvalue weighted by molar-refractivity contribution is -0.135. The zero-order valence-electron chi connectivity index (χ0n) is 19.1. The number of hydrogen-bond donors (Lipinski definition) is 1. The van der Waals surface area contributed by atoms with Gasteiger partial charge in [0.15, 0.2) is 0 Å². The summed E-state index contributed by atoms with van der Waals surface area (Å²) in [6.07, 6.45) is 3.06. The van der Waals surface area contributed by atoms with Gasteiger partial charge in [0, 0.05) is 41.7 Å². The molecule has 168 valence electrons. The van der Waals surface area contributed by atoms with E-state index >= 15 is 0 Å². The van der Waals surface area contributed by atoms with Crippen LogP contribution in [0.1, 0.15) is 41.8 Å². The highest BCUT2D eigenvalue weighted by molar-refractivity contribution is 5.95. The summed E-state index contributed by atoms with van der Waals surface area (Å²) in [5, 5.41) is 2.60. The number of carbonyl (C=O) groups excluding carboxylic acids is 2. The first-order valence-electron chi connectivity index (χ1n) is 11.3. The zero-order valence-corrected chi connectivity index (χ0v) is 19.1. The van der Waals surface area contributed by atoms with E-state index in [0.717, 1.165) is 23.0 Å². The van der Waals surface area contributed by atoms with Gasteiger partial charge in [0.2, 0.25) is 5.91 Å². The van der Waals surface area contributed by atoms with E-state index in [9.17, 15) is 9.59 Å². The Kier molecular flexibility index (Phi) is 6.89. The number of aryl methyl sites for hydroxylation is 1. The number of benzene rings is 3. The average Bonchev–Trinajstić information content (AvgIpc) is 3.19. The van der Waals surface area contributed by atoms with Crippen molar-refractivity contribution in [2.75, 3.05) is 0 Å². The minimum absolute atomic E-state index is 0.103. The lowest BCUT2D eigenvalue weighted by Gasteiger charge is -2.27. The third kappa shape index (κ3) is 5.32. The second-order valence-corrected chi connectivity index (χ2v) is 8.45. The number of nitrogens with one attached hydrogen (secondary N) is 1. The molecule has 1 N–H and O–H groups in total. The predicted molar refractivity (Wildman–Crippen MR) is 132 cm³/mol. The highest BCUT2D eigenvalue weighted by Crippen LogP contribution is 2.24. The fourth-order valence-corrected chi connectivity index (χ4v) is 4.04. The molecule has 5 heteroatoms. The van der Waals surface area contributed by atoms with Gasteiger partial charge in [-0.15, -0.1) is 0 Å². The van der Waals surface area contributed by atoms with Crippen molar-refractivity contribution in [3.8, 4) is 0 Å². The van der Waals surface area contributed by atoms with Crippen LogP contribution in [-0.2, 0) is 17.8 Å². The van der Waals surface area contributed by atoms with Crippen molar-refractivity contribution in [1.29, 1.82) is 0 Å². The van der Waals surface area contributed by atoms with Gasteiger partial charge in [-0.2, -0.15) is 0 Å². The maximum absolute atomic E-state index is 13.1. The van der Waals surface area contributed by atoms with Gasteiger partial charge in [-0.1, -0.05) is 66.7 Å². The predicted octanol–water partition coefficient (Wildman–Crippen LogP) is 5.20. The van der Waals surface area contributed by atoms with Crippen LogP contribution in [0.2, 0.25) is 0 Å². The molecule has 2 amide bonds. The molecule has 33 heavy (non-hydrogen) atoms.